The molecule has 3 nitrogen and oxygen atoms in total. The Morgan fingerprint density at radius 3 is 1.96 bits per heavy atom. The van der Waals surface area contributed by atoms with Crippen LogP contribution in [0.1, 0.15) is 98.8 Å². The van der Waals surface area contributed by atoms with Gasteiger partial charge in [-0.15, -0.1) is 0 Å². The van der Waals surface area contributed by atoms with Crippen LogP contribution in [0.15, 0.2) is 12.3 Å². The van der Waals surface area contributed by atoms with Crippen LogP contribution >= 0.6 is 0 Å². The summed E-state index contributed by atoms with van der Waals surface area (Å²) in [5.41, 5.74) is 0. The summed E-state index contributed by atoms with van der Waals surface area (Å²) >= 11 is 0. The van der Waals surface area contributed by atoms with E-state index in [1.807, 2.05) is 13.0 Å². The number of allylic oxidation sites excluding steroid dienone is 1. The molecule has 0 saturated carbocycles. The van der Waals surface area contributed by atoms with Crippen LogP contribution in [-0.2, 0) is 14.2 Å². The second-order valence-corrected chi connectivity index (χ2v) is 6.77. The zero-order valence-corrected chi connectivity index (χ0v) is 17.6. The summed E-state index contributed by atoms with van der Waals surface area (Å²) in [6.45, 7) is 12.8. The predicted octanol–water partition coefficient (Wildman–Crippen LogP) is 6.86. The largest absolute Gasteiger partial charge is 0.502 e. The Hall–Kier alpha value is -0.540. The highest BCUT2D eigenvalue weighted by Gasteiger charge is 2.38. The van der Waals surface area contributed by atoms with Gasteiger partial charge in [0.05, 0.1) is 12.9 Å². The van der Waals surface area contributed by atoms with E-state index in [4.69, 9.17) is 14.2 Å². The van der Waals surface area contributed by atoms with Crippen molar-refractivity contribution in [1.82, 2.24) is 0 Å². The smallest absolute Gasteiger partial charge is 0.170 e. The lowest BCUT2D eigenvalue weighted by Crippen LogP contribution is -2.43. The van der Waals surface area contributed by atoms with Crippen LogP contribution in [0, 0.1) is 5.92 Å². The molecular weight excluding hydrogens is 312 g/mol. The van der Waals surface area contributed by atoms with Crippen LogP contribution in [0.4, 0.5) is 0 Å². The molecule has 0 aromatic rings. The minimum Gasteiger partial charge on any atom is -0.502 e. The van der Waals surface area contributed by atoms with Gasteiger partial charge in [0.25, 0.3) is 0 Å². The van der Waals surface area contributed by atoms with Gasteiger partial charge in [-0.2, -0.15) is 0 Å². The zero-order valence-electron chi connectivity index (χ0n) is 17.6. The maximum Gasteiger partial charge on any atom is 0.170 e. The second-order valence-electron chi connectivity index (χ2n) is 6.77. The highest BCUT2D eigenvalue weighted by molar-refractivity contribution is 4.79. The van der Waals surface area contributed by atoms with Crippen LogP contribution in [-0.4, -0.2) is 25.6 Å². The van der Waals surface area contributed by atoms with E-state index >= 15 is 0 Å². The molecule has 0 rings (SSSR count). The molecule has 0 aromatic heterocycles. The van der Waals surface area contributed by atoms with Gasteiger partial charge in [-0.3, -0.25) is 0 Å². The highest BCUT2D eigenvalue weighted by atomic mass is 16.7. The first-order valence-electron chi connectivity index (χ1n) is 10.7. The molecule has 1 atom stereocenters. The summed E-state index contributed by atoms with van der Waals surface area (Å²) in [5.74, 6) is 0.0193. The third-order valence-corrected chi connectivity index (χ3v) is 4.85. The molecule has 0 heterocycles. The molecule has 0 spiro atoms. The second kappa shape index (κ2) is 16.9. The Morgan fingerprint density at radius 1 is 0.800 bits per heavy atom. The van der Waals surface area contributed by atoms with E-state index < -0.39 is 5.79 Å². The van der Waals surface area contributed by atoms with Crippen molar-refractivity contribution in [3.8, 4) is 0 Å². The third-order valence-electron chi connectivity index (χ3n) is 4.85. The SMILES string of the molecule is CC=COCCCC(CCCCCCCC)C(CC)(OCC)OCC. The van der Waals surface area contributed by atoms with Crippen molar-refractivity contribution in [2.75, 3.05) is 19.8 Å². The van der Waals surface area contributed by atoms with Crippen molar-refractivity contribution in [2.45, 2.75) is 105 Å². The minimum atomic E-state index is -0.423. The van der Waals surface area contributed by atoms with Crippen molar-refractivity contribution in [1.29, 1.82) is 0 Å². The molecule has 0 saturated heterocycles. The maximum atomic E-state index is 6.18. The average molecular weight is 357 g/mol. The Labute approximate surface area is 157 Å². The number of ether oxygens (including phenoxy) is 3. The van der Waals surface area contributed by atoms with Crippen LogP contribution in [0.3, 0.4) is 0 Å². The van der Waals surface area contributed by atoms with Gasteiger partial charge in [0, 0.05) is 19.1 Å². The first-order valence-corrected chi connectivity index (χ1v) is 10.7. The molecule has 3 heteroatoms. The van der Waals surface area contributed by atoms with Crippen LogP contribution < -0.4 is 0 Å². The fraction of sp³-hybridized carbons (Fsp3) is 0.909. The van der Waals surface area contributed by atoms with E-state index in [0.717, 1.165) is 25.9 Å². The zero-order chi connectivity index (χ0) is 18.8. The monoisotopic (exact) mass is 356 g/mol. The van der Waals surface area contributed by atoms with Crippen LogP contribution in [0.2, 0.25) is 0 Å². The molecule has 0 radical (unpaired) electrons. The Bertz CT molecular complexity index is 296. The fourth-order valence-electron chi connectivity index (χ4n) is 3.59. The van der Waals surface area contributed by atoms with E-state index in [1.165, 1.54) is 44.9 Å². The summed E-state index contributed by atoms with van der Waals surface area (Å²) in [6.07, 6.45) is 15.9. The molecule has 0 fully saturated rings. The number of unbranched alkanes of at least 4 members (excludes halogenated alkanes) is 5. The topological polar surface area (TPSA) is 27.7 Å². The predicted molar refractivity (Wildman–Crippen MR) is 108 cm³/mol. The Balaban J connectivity index is 4.64. The maximum absolute atomic E-state index is 6.18. The van der Waals surface area contributed by atoms with Gasteiger partial charge in [-0.05, 0) is 46.5 Å². The van der Waals surface area contributed by atoms with Crippen molar-refractivity contribution in [3.05, 3.63) is 12.3 Å². The van der Waals surface area contributed by atoms with E-state index in [2.05, 4.69) is 27.7 Å². The first kappa shape index (κ1) is 24.5. The molecule has 150 valence electrons. The summed E-state index contributed by atoms with van der Waals surface area (Å²) in [6, 6.07) is 0. The minimum absolute atomic E-state index is 0.423. The van der Waals surface area contributed by atoms with Crippen molar-refractivity contribution < 1.29 is 14.2 Å². The van der Waals surface area contributed by atoms with E-state index in [0.29, 0.717) is 19.1 Å². The molecule has 0 aliphatic rings. The summed E-state index contributed by atoms with van der Waals surface area (Å²) in [5, 5.41) is 0. The first-order chi connectivity index (χ1) is 12.2. The van der Waals surface area contributed by atoms with Gasteiger partial charge < -0.3 is 14.2 Å². The average Bonchev–Trinajstić information content (AvgIpc) is 2.62. The van der Waals surface area contributed by atoms with Gasteiger partial charge in [0.1, 0.15) is 0 Å². The number of rotatable bonds is 18. The fourth-order valence-corrected chi connectivity index (χ4v) is 3.59. The molecule has 0 N–H and O–H groups in total. The molecular formula is C22H44O3. The van der Waals surface area contributed by atoms with Crippen molar-refractivity contribution in [2.24, 2.45) is 5.92 Å². The number of hydrogen-bond acceptors (Lipinski definition) is 3. The molecule has 0 aliphatic carbocycles. The quantitative estimate of drug-likeness (QED) is 0.152. The van der Waals surface area contributed by atoms with Crippen LogP contribution in [0.25, 0.3) is 0 Å². The third kappa shape index (κ3) is 10.9. The van der Waals surface area contributed by atoms with Crippen molar-refractivity contribution in [3.63, 3.8) is 0 Å². The van der Waals surface area contributed by atoms with Crippen LogP contribution in [0.5, 0.6) is 0 Å². The molecule has 25 heavy (non-hydrogen) atoms. The van der Waals surface area contributed by atoms with E-state index in [1.54, 1.807) is 6.26 Å². The van der Waals surface area contributed by atoms with Gasteiger partial charge in [0.2, 0.25) is 0 Å². The Morgan fingerprint density at radius 2 is 1.40 bits per heavy atom. The lowest BCUT2D eigenvalue weighted by molar-refractivity contribution is -0.268. The standard InChI is InChI=1S/C22H44O3/c1-6-11-12-13-14-15-17-21(18-16-20-23-19-7-2)22(8-3,24-9-4)25-10-5/h7,19,21H,6,8-18,20H2,1-5H3. The lowest BCUT2D eigenvalue weighted by Gasteiger charge is -2.40. The molecule has 0 aliphatic heterocycles. The molecule has 0 aromatic carbocycles. The van der Waals surface area contributed by atoms with Gasteiger partial charge in [-0.1, -0.05) is 58.4 Å². The van der Waals surface area contributed by atoms with E-state index in [9.17, 15) is 0 Å². The molecule has 0 amide bonds. The normalized spacial score (nSPS) is 13.5. The van der Waals surface area contributed by atoms with Crippen molar-refractivity contribution >= 4 is 0 Å². The summed E-state index contributed by atoms with van der Waals surface area (Å²) in [4.78, 5) is 0. The summed E-state index contributed by atoms with van der Waals surface area (Å²) in [7, 11) is 0. The number of hydrogen-bond donors (Lipinski definition) is 0. The van der Waals surface area contributed by atoms with Gasteiger partial charge in [0.15, 0.2) is 5.79 Å². The lowest BCUT2D eigenvalue weighted by atomic mass is 9.86. The molecule has 1 unspecified atom stereocenters. The molecule has 0 bridgehead atoms. The highest BCUT2D eigenvalue weighted by Crippen LogP contribution is 2.35. The van der Waals surface area contributed by atoms with Gasteiger partial charge in [-0.25, -0.2) is 0 Å². The Kier molecular flexibility index (Phi) is 16.5. The summed E-state index contributed by atoms with van der Waals surface area (Å²) < 4.78 is 17.9. The van der Waals surface area contributed by atoms with Gasteiger partial charge >= 0.3 is 0 Å². The van der Waals surface area contributed by atoms with E-state index in [-0.39, 0.29) is 0 Å².